The number of thioether (sulfide) groups is 1. The van der Waals surface area contributed by atoms with Gasteiger partial charge in [0.05, 0.1) is 5.25 Å². The Morgan fingerprint density at radius 1 is 1.21 bits per heavy atom. The Hall–Kier alpha value is -3.07. The first-order chi connectivity index (χ1) is 14.0. The highest BCUT2D eigenvalue weighted by Crippen LogP contribution is 2.34. The summed E-state index contributed by atoms with van der Waals surface area (Å²) >= 11 is 1.31. The lowest BCUT2D eigenvalue weighted by molar-refractivity contribution is -0.115. The maximum Gasteiger partial charge on any atom is 0.237 e. The molecule has 0 radical (unpaired) electrons. The molecule has 1 atom stereocenters. The van der Waals surface area contributed by atoms with E-state index in [0.29, 0.717) is 34.7 Å². The van der Waals surface area contributed by atoms with Crippen LogP contribution in [0, 0.1) is 5.82 Å². The number of hydrogen-bond acceptors (Lipinski definition) is 6. The summed E-state index contributed by atoms with van der Waals surface area (Å²) in [6.45, 7) is 4.58. The second-order valence-corrected chi connectivity index (χ2v) is 7.68. The van der Waals surface area contributed by atoms with Gasteiger partial charge in [-0.1, -0.05) is 11.8 Å². The van der Waals surface area contributed by atoms with Gasteiger partial charge in [0, 0.05) is 23.9 Å². The number of halogens is 1. The normalized spacial score (nSPS) is 13.3. The number of fused-ring (bicyclic) bond motifs is 1. The Morgan fingerprint density at radius 3 is 2.72 bits per heavy atom. The zero-order valence-corrected chi connectivity index (χ0v) is 16.7. The highest BCUT2D eigenvalue weighted by molar-refractivity contribution is 8.00. The van der Waals surface area contributed by atoms with Crippen molar-refractivity contribution < 1.29 is 18.7 Å². The summed E-state index contributed by atoms with van der Waals surface area (Å²) < 4.78 is 25.7. The molecule has 2 aromatic carbocycles. The van der Waals surface area contributed by atoms with Crippen LogP contribution in [0.15, 0.2) is 47.6 Å². The number of carbonyl (C=O) groups excluding carboxylic acids is 1. The van der Waals surface area contributed by atoms with E-state index in [9.17, 15) is 9.18 Å². The van der Waals surface area contributed by atoms with Crippen molar-refractivity contribution in [1.29, 1.82) is 0 Å². The molecular formula is C20H19FN4O3S. The Morgan fingerprint density at radius 2 is 1.97 bits per heavy atom. The minimum absolute atomic E-state index is 0.164. The van der Waals surface area contributed by atoms with Gasteiger partial charge >= 0.3 is 0 Å². The van der Waals surface area contributed by atoms with Crippen LogP contribution in [-0.4, -0.2) is 32.7 Å². The molecule has 0 fully saturated rings. The maximum absolute atomic E-state index is 13.2. The largest absolute Gasteiger partial charge is 0.454 e. The molecule has 7 nitrogen and oxygen atoms in total. The average molecular weight is 414 g/mol. The molecule has 0 aliphatic carbocycles. The maximum atomic E-state index is 13.2. The van der Waals surface area contributed by atoms with Gasteiger partial charge in [0.15, 0.2) is 22.5 Å². The molecule has 4 rings (SSSR count). The lowest BCUT2D eigenvalue weighted by atomic mass is 10.2. The van der Waals surface area contributed by atoms with Crippen LogP contribution in [0.1, 0.15) is 13.8 Å². The second-order valence-electron chi connectivity index (χ2n) is 6.37. The predicted octanol–water partition coefficient (Wildman–Crippen LogP) is 3.95. The lowest BCUT2D eigenvalue weighted by Gasteiger charge is -2.13. The minimum atomic E-state index is -0.406. The number of carbonyl (C=O) groups is 1. The van der Waals surface area contributed by atoms with E-state index in [1.807, 2.05) is 11.5 Å². The van der Waals surface area contributed by atoms with Crippen LogP contribution >= 0.6 is 11.8 Å². The zero-order chi connectivity index (χ0) is 20.4. The van der Waals surface area contributed by atoms with Crippen LogP contribution in [0.2, 0.25) is 0 Å². The van der Waals surface area contributed by atoms with Crippen molar-refractivity contribution in [2.45, 2.75) is 30.8 Å². The summed E-state index contributed by atoms with van der Waals surface area (Å²) in [4.78, 5) is 12.6. The Labute approximate surface area is 171 Å². The summed E-state index contributed by atoms with van der Waals surface area (Å²) in [7, 11) is 0. The first kappa shape index (κ1) is 19.3. The minimum Gasteiger partial charge on any atom is -0.454 e. The molecule has 0 unspecified atom stereocenters. The van der Waals surface area contributed by atoms with Crippen LogP contribution in [0.25, 0.3) is 11.4 Å². The predicted molar refractivity (Wildman–Crippen MR) is 108 cm³/mol. The van der Waals surface area contributed by atoms with Gasteiger partial charge in [-0.15, -0.1) is 10.2 Å². The quantitative estimate of drug-likeness (QED) is 0.616. The first-order valence-corrected chi connectivity index (χ1v) is 9.99. The standard InChI is InChI=1S/C20H19FN4O3S/c1-3-25-18(13-4-6-14(21)7-5-13)23-24-20(25)29-12(2)19(26)22-15-8-9-16-17(10-15)28-11-27-16/h4-10,12H,3,11H2,1-2H3,(H,22,26)/t12-/m1/s1. The van der Waals surface area contributed by atoms with Crippen LogP contribution in [0.5, 0.6) is 11.5 Å². The van der Waals surface area contributed by atoms with E-state index < -0.39 is 5.25 Å². The molecule has 1 aliphatic rings. The van der Waals surface area contributed by atoms with Crippen molar-refractivity contribution in [3.63, 3.8) is 0 Å². The third-order valence-corrected chi connectivity index (χ3v) is 5.51. The monoisotopic (exact) mass is 414 g/mol. The van der Waals surface area contributed by atoms with Crippen molar-refractivity contribution >= 4 is 23.4 Å². The highest BCUT2D eigenvalue weighted by atomic mass is 32.2. The number of nitrogens with one attached hydrogen (secondary N) is 1. The second kappa shape index (κ2) is 8.12. The van der Waals surface area contributed by atoms with Crippen molar-refractivity contribution in [2.75, 3.05) is 12.1 Å². The fourth-order valence-electron chi connectivity index (χ4n) is 2.90. The number of nitrogens with zero attached hydrogens (tertiary/aromatic N) is 3. The number of ether oxygens (including phenoxy) is 2. The van der Waals surface area contributed by atoms with Gasteiger partial charge in [-0.05, 0) is 50.2 Å². The molecule has 2 heterocycles. The van der Waals surface area contributed by atoms with E-state index in [0.717, 1.165) is 5.56 Å². The van der Waals surface area contributed by atoms with Crippen LogP contribution in [0.3, 0.4) is 0 Å². The zero-order valence-electron chi connectivity index (χ0n) is 15.9. The summed E-state index contributed by atoms with van der Waals surface area (Å²) in [6.07, 6.45) is 0. The Kier molecular flexibility index (Phi) is 5.39. The summed E-state index contributed by atoms with van der Waals surface area (Å²) in [6, 6.07) is 11.4. The summed E-state index contributed by atoms with van der Waals surface area (Å²) in [5.74, 6) is 1.44. The summed E-state index contributed by atoms with van der Waals surface area (Å²) in [5, 5.41) is 11.6. The molecular weight excluding hydrogens is 395 g/mol. The van der Waals surface area contributed by atoms with Gasteiger partial charge in [0.2, 0.25) is 12.7 Å². The Balaban J connectivity index is 1.47. The number of rotatable bonds is 6. The highest BCUT2D eigenvalue weighted by Gasteiger charge is 2.21. The molecule has 0 saturated carbocycles. The molecule has 0 bridgehead atoms. The average Bonchev–Trinajstić information content (AvgIpc) is 3.34. The van der Waals surface area contributed by atoms with Gasteiger partial charge in [0.25, 0.3) is 0 Å². The van der Waals surface area contributed by atoms with E-state index >= 15 is 0 Å². The van der Waals surface area contributed by atoms with Gasteiger partial charge < -0.3 is 19.4 Å². The van der Waals surface area contributed by atoms with E-state index in [1.54, 1.807) is 37.3 Å². The molecule has 1 amide bonds. The van der Waals surface area contributed by atoms with E-state index in [2.05, 4.69) is 15.5 Å². The molecule has 9 heteroatoms. The van der Waals surface area contributed by atoms with Gasteiger partial charge in [-0.3, -0.25) is 4.79 Å². The number of amides is 1. The van der Waals surface area contributed by atoms with E-state index in [1.165, 1.54) is 23.9 Å². The molecule has 1 aliphatic heterocycles. The van der Waals surface area contributed by atoms with E-state index in [4.69, 9.17) is 9.47 Å². The van der Waals surface area contributed by atoms with Crippen LogP contribution in [-0.2, 0) is 11.3 Å². The molecule has 1 N–H and O–H groups in total. The van der Waals surface area contributed by atoms with Crippen molar-refractivity contribution in [2.24, 2.45) is 0 Å². The third-order valence-electron chi connectivity index (χ3n) is 4.43. The van der Waals surface area contributed by atoms with Gasteiger partial charge in [-0.25, -0.2) is 4.39 Å². The molecule has 1 aromatic heterocycles. The number of benzene rings is 2. The van der Waals surface area contributed by atoms with E-state index in [-0.39, 0.29) is 18.5 Å². The number of anilines is 1. The number of aromatic nitrogens is 3. The molecule has 0 spiro atoms. The van der Waals surface area contributed by atoms with Crippen LogP contribution in [0.4, 0.5) is 10.1 Å². The van der Waals surface area contributed by atoms with Crippen molar-refractivity contribution in [3.05, 3.63) is 48.3 Å². The molecule has 3 aromatic rings. The fourth-order valence-corrected chi connectivity index (χ4v) is 3.82. The molecule has 29 heavy (non-hydrogen) atoms. The SMILES string of the molecule is CCn1c(S[C@H](C)C(=O)Nc2ccc3c(c2)OCO3)nnc1-c1ccc(F)cc1. The molecule has 0 saturated heterocycles. The fraction of sp³-hybridized carbons (Fsp3) is 0.250. The van der Waals surface area contributed by atoms with Crippen molar-refractivity contribution in [3.8, 4) is 22.9 Å². The Bertz CT molecular complexity index is 1040. The topological polar surface area (TPSA) is 78.3 Å². The van der Waals surface area contributed by atoms with Gasteiger partial charge in [-0.2, -0.15) is 0 Å². The van der Waals surface area contributed by atoms with Gasteiger partial charge in [0.1, 0.15) is 5.82 Å². The van der Waals surface area contributed by atoms with Crippen LogP contribution < -0.4 is 14.8 Å². The third kappa shape index (κ3) is 4.04. The lowest BCUT2D eigenvalue weighted by Crippen LogP contribution is -2.22. The summed E-state index contributed by atoms with van der Waals surface area (Å²) in [5.41, 5.74) is 1.40. The smallest absolute Gasteiger partial charge is 0.237 e. The first-order valence-electron chi connectivity index (χ1n) is 9.11. The molecule has 150 valence electrons. The number of hydrogen-bond donors (Lipinski definition) is 1. The van der Waals surface area contributed by atoms with Crippen molar-refractivity contribution in [1.82, 2.24) is 14.8 Å².